The molecule has 178 valence electrons. The van der Waals surface area contributed by atoms with Gasteiger partial charge in [0.05, 0.1) is 21.5 Å². The number of urea groups is 1. The van der Waals surface area contributed by atoms with Gasteiger partial charge in [-0.15, -0.1) is 0 Å². The van der Waals surface area contributed by atoms with Gasteiger partial charge >= 0.3 is 6.03 Å². The predicted molar refractivity (Wildman–Crippen MR) is 132 cm³/mol. The lowest BCUT2D eigenvalue weighted by atomic mass is 10.1. The summed E-state index contributed by atoms with van der Waals surface area (Å²) < 4.78 is 5.69. The summed E-state index contributed by atoms with van der Waals surface area (Å²) in [5.41, 5.74) is 2.98. The Kier molecular flexibility index (Phi) is 7.04. The minimum atomic E-state index is -0.517. The standard InChI is InChI=1S/C25H19Cl2N3O5/c1-15-4-2-5-16(8-15)13-29-24(31)22(28-25(29)32)12-18-10-20(26)23(21(27)11-18)35-14-17-6-3-7-19(9-17)30(33)34/h2-12H,13-14H2,1H3,(H,28,32)/b22-12+. The van der Waals surface area contributed by atoms with Crippen molar-refractivity contribution in [2.45, 2.75) is 20.1 Å². The number of aryl methyl sites for hydroxylation is 1. The number of rotatable bonds is 7. The van der Waals surface area contributed by atoms with Gasteiger partial charge in [-0.3, -0.25) is 19.8 Å². The van der Waals surface area contributed by atoms with Crippen LogP contribution in [0.4, 0.5) is 10.5 Å². The quantitative estimate of drug-likeness (QED) is 0.184. The van der Waals surface area contributed by atoms with E-state index in [-0.39, 0.29) is 40.3 Å². The summed E-state index contributed by atoms with van der Waals surface area (Å²) in [6, 6.07) is 16.2. The van der Waals surface area contributed by atoms with E-state index >= 15 is 0 Å². The zero-order valence-corrected chi connectivity index (χ0v) is 20.0. The Labute approximate surface area is 210 Å². The molecule has 8 nitrogen and oxygen atoms in total. The average Bonchev–Trinajstić information content (AvgIpc) is 3.06. The number of non-ortho nitro benzene ring substituents is 1. The van der Waals surface area contributed by atoms with Gasteiger partial charge < -0.3 is 10.1 Å². The van der Waals surface area contributed by atoms with Crippen LogP contribution in [0, 0.1) is 17.0 Å². The Balaban J connectivity index is 1.49. The number of amides is 3. The van der Waals surface area contributed by atoms with E-state index in [2.05, 4.69) is 5.32 Å². The Morgan fingerprint density at radius 3 is 2.40 bits per heavy atom. The number of halogens is 2. The first-order valence-electron chi connectivity index (χ1n) is 10.5. The van der Waals surface area contributed by atoms with Crippen LogP contribution in [0.15, 0.2) is 66.4 Å². The summed E-state index contributed by atoms with van der Waals surface area (Å²) in [6.07, 6.45) is 1.48. The number of nitro benzene ring substituents is 1. The maximum atomic E-state index is 12.8. The van der Waals surface area contributed by atoms with Crippen LogP contribution in [0.5, 0.6) is 5.75 Å². The predicted octanol–water partition coefficient (Wildman–Crippen LogP) is 5.88. The number of carbonyl (C=O) groups is 2. The number of nitrogens with one attached hydrogen (secondary N) is 1. The minimum absolute atomic E-state index is 0.0179. The molecular formula is C25H19Cl2N3O5. The van der Waals surface area contributed by atoms with E-state index in [0.717, 1.165) is 16.0 Å². The monoisotopic (exact) mass is 511 g/mol. The summed E-state index contributed by atoms with van der Waals surface area (Å²) in [6.45, 7) is 2.10. The van der Waals surface area contributed by atoms with E-state index in [1.54, 1.807) is 24.3 Å². The average molecular weight is 512 g/mol. The molecular weight excluding hydrogens is 493 g/mol. The highest BCUT2D eigenvalue weighted by Gasteiger charge is 2.33. The Bertz CT molecular complexity index is 1350. The lowest BCUT2D eigenvalue weighted by Gasteiger charge is -2.12. The Hall–Kier alpha value is -3.88. The molecule has 0 radical (unpaired) electrons. The molecule has 0 saturated carbocycles. The van der Waals surface area contributed by atoms with Crippen LogP contribution in [-0.2, 0) is 17.9 Å². The highest BCUT2D eigenvalue weighted by Crippen LogP contribution is 2.36. The van der Waals surface area contributed by atoms with E-state index in [4.69, 9.17) is 27.9 Å². The lowest BCUT2D eigenvalue weighted by molar-refractivity contribution is -0.384. The molecule has 1 heterocycles. The van der Waals surface area contributed by atoms with Gasteiger partial charge in [-0.2, -0.15) is 0 Å². The van der Waals surface area contributed by atoms with Crippen molar-refractivity contribution in [3.05, 3.63) is 109 Å². The molecule has 1 aliphatic rings. The molecule has 0 spiro atoms. The maximum absolute atomic E-state index is 12.8. The normalized spacial score (nSPS) is 14.4. The zero-order chi connectivity index (χ0) is 25.1. The van der Waals surface area contributed by atoms with E-state index in [1.165, 1.54) is 18.2 Å². The third kappa shape index (κ3) is 5.62. The highest BCUT2D eigenvalue weighted by molar-refractivity contribution is 6.37. The van der Waals surface area contributed by atoms with Gasteiger partial charge in [-0.05, 0) is 41.8 Å². The number of nitrogens with zero attached hydrogens (tertiary/aromatic N) is 2. The van der Waals surface area contributed by atoms with Gasteiger partial charge in [0.25, 0.3) is 11.6 Å². The molecule has 1 N–H and O–H groups in total. The molecule has 3 aromatic rings. The molecule has 3 amide bonds. The first kappa shape index (κ1) is 24.3. The number of benzene rings is 3. The molecule has 1 fully saturated rings. The molecule has 4 rings (SSSR count). The second-order valence-corrected chi connectivity index (χ2v) is 8.71. The third-order valence-corrected chi connectivity index (χ3v) is 5.78. The van der Waals surface area contributed by atoms with Gasteiger partial charge in [0.1, 0.15) is 12.3 Å². The number of nitro groups is 1. The highest BCUT2D eigenvalue weighted by atomic mass is 35.5. The fourth-order valence-corrected chi connectivity index (χ4v) is 4.20. The smallest absolute Gasteiger partial charge is 0.329 e. The molecule has 0 aliphatic carbocycles. The van der Waals surface area contributed by atoms with E-state index in [9.17, 15) is 19.7 Å². The van der Waals surface area contributed by atoms with Crippen molar-refractivity contribution >= 4 is 46.9 Å². The largest absolute Gasteiger partial charge is 0.486 e. The van der Waals surface area contributed by atoms with Crippen molar-refractivity contribution < 1.29 is 19.2 Å². The summed E-state index contributed by atoms with van der Waals surface area (Å²) in [5, 5.41) is 13.9. The molecule has 35 heavy (non-hydrogen) atoms. The van der Waals surface area contributed by atoms with Gasteiger partial charge in [0.2, 0.25) is 0 Å². The van der Waals surface area contributed by atoms with Gasteiger partial charge in [-0.25, -0.2) is 4.79 Å². The van der Waals surface area contributed by atoms with Crippen molar-refractivity contribution in [3.63, 3.8) is 0 Å². The van der Waals surface area contributed by atoms with Gasteiger partial charge in [-0.1, -0.05) is 65.2 Å². The second kappa shape index (κ2) is 10.2. The molecule has 10 heteroatoms. The van der Waals surface area contributed by atoms with Crippen molar-refractivity contribution in [1.29, 1.82) is 0 Å². The lowest BCUT2D eigenvalue weighted by Crippen LogP contribution is -2.30. The first-order chi connectivity index (χ1) is 16.7. The SMILES string of the molecule is Cc1cccc(CN2C(=O)N/C(=C/c3cc(Cl)c(OCc4cccc([N+](=O)[O-])c4)c(Cl)c3)C2=O)c1. The molecule has 0 atom stereocenters. The molecule has 1 aliphatic heterocycles. The van der Waals surface area contributed by atoms with E-state index in [1.807, 2.05) is 31.2 Å². The molecule has 0 bridgehead atoms. The number of carbonyl (C=O) groups excluding carboxylic acids is 2. The molecule has 0 unspecified atom stereocenters. The fourth-order valence-electron chi connectivity index (χ4n) is 3.59. The number of ether oxygens (including phenoxy) is 1. The van der Waals surface area contributed by atoms with Crippen LogP contribution in [0.3, 0.4) is 0 Å². The van der Waals surface area contributed by atoms with Crippen LogP contribution < -0.4 is 10.1 Å². The summed E-state index contributed by atoms with van der Waals surface area (Å²) in [7, 11) is 0. The minimum Gasteiger partial charge on any atom is -0.486 e. The first-order valence-corrected chi connectivity index (χ1v) is 11.2. The van der Waals surface area contributed by atoms with E-state index < -0.39 is 16.9 Å². The topological polar surface area (TPSA) is 102 Å². The van der Waals surface area contributed by atoms with Crippen LogP contribution in [0.2, 0.25) is 10.0 Å². The Morgan fingerprint density at radius 2 is 1.71 bits per heavy atom. The molecule has 0 aromatic heterocycles. The summed E-state index contributed by atoms with van der Waals surface area (Å²) in [5.74, 6) is -0.264. The van der Waals surface area contributed by atoms with Crippen molar-refractivity contribution in [2.75, 3.05) is 0 Å². The van der Waals surface area contributed by atoms with Crippen molar-refractivity contribution in [3.8, 4) is 5.75 Å². The van der Waals surface area contributed by atoms with Crippen LogP contribution in [-0.4, -0.2) is 21.8 Å². The summed E-state index contributed by atoms with van der Waals surface area (Å²) in [4.78, 5) is 36.8. The van der Waals surface area contributed by atoms with Crippen molar-refractivity contribution in [1.82, 2.24) is 10.2 Å². The molecule has 3 aromatic carbocycles. The van der Waals surface area contributed by atoms with Gasteiger partial charge in [0, 0.05) is 12.1 Å². The number of hydrogen-bond acceptors (Lipinski definition) is 5. The number of hydrogen-bond donors (Lipinski definition) is 1. The van der Waals surface area contributed by atoms with Crippen LogP contribution >= 0.6 is 23.2 Å². The fraction of sp³-hybridized carbons (Fsp3) is 0.120. The molecule has 1 saturated heterocycles. The zero-order valence-electron chi connectivity index (χ0n) is 18.5. The van der Waals surface area contributed by atoms with Crippen molar-refractivity contribution in [2.24, 2.45) is 0 Å². The van der Waals surface area contributed by atoms with Gasteiger partial charge in [0.15, 0.2) is 5.75 Å². The third-order valence-electron chi connectivity index (χ3n) is 5.22. The number of imide groups is 1. The second-order valence-electron chi connectivity index (χ2n) is 7.90. The van der Waals surface area contributed by atoms with Crippen LogP contribution in [0.1, 0.15) is 22.3 Å². The maximum Gasteiger partial charge on any atom is 0.329 e. The summed E-state index contributed by atoms with van der Waals surface area (Å²) >= 11 is 12.7. The Morgan fingerprint density at radius 1 is 1.03 bits per heavy atom. The van der Waals surface area contributed by atoms with E-state index in [0.29, 0.717) is 11.1 Å². The van der Waals surface area contributed by atoms with Crippen LogP contribution in [0.25, 0.3) is 6.08 Å².